The molecule has 0 saturated heterocycles. The fourth-order valence-corrected chi connectivity index (χ4v) is 2.86. The third-order valence-corrected chi connectivity index (χ3v) is 4.78. The van der Waals surface area contributed by atoms with Crippen molar-refractivity contribution in [3.05, 3.63) is 69.3 Å². The molecule has 0 radical (unpaired) electrons. The number of hydrogen-bond donors (Lipinski definition) is 0. The van der Waals surface area contributed by atoms with Crippen LogP contribution in [0.2, 0.25) is 0 Å². The van der Waals surface area contributed by atoms with E-state index in [1.54, 1.807) is 24.3 Å². The zero-order chi connectivity index (χ0) is 18.7. The van der Waals surface area contributed by atoms with Crippen molar-refractivity contribution in [1.82, 2.24) is 0 Å². The number of allylic oxidation sites excluding steroid dienone is 1. The van der Waals surface area contributed by atoms with E-state index >= 15 is 0 Å². The van der Waals surface area contributed by atoms with Crippen LogP contribution in [0.1, 0.15) is 50.7 Å². The highest BCUT2D eigenvalue weighted by Gasteiger charge is 2.20. The Morgan fingerprint density at radius 1 is 0.880 bits per heavy atom. The van der Waals surface area contributed by atoms with Crippen LogP contribution in [0.15, 0.2) is 30.3 Å². The summed E-state index contributed by atoms with van der Waals surface area (Å²) in [6.45, 7) is 11.5. The van der Waals surface area contributed by atoms with Gasteiger partial charge in [-0.15, -0.1) is 0 Å². The van der Waals surface area contributed by atoms with Crippen molar-refractivity contribution in [2.75, 3.05) is 0 Å². The van der Waals surface area contributed by atoms with Crippen molar-refractivity contribution in [2.24, 2.45) is 0 Å². The summed E-state index contributed by atoms with van der Waals surface area (Å²) in [4.78, 5) is 23.8. The number of carbonyl (C=O) groups excluding carboxylic acids is 2. The Kier molecular flexibility index (Phi) is 5.58. The van der Waals surface area contributed by atoms with Gasteiger partial charge < -0.3 is 4.74 Å². The summed E-state index contributed by atoms with van der Waals surface area (Å²) in [5.41, 5.74) is 6.80. The van der Waals surface area contributed by atoms with Crippen molar-refractivity contribution >= 4 is 17.8 Å². The molecule has 0 bridgehead atoms. The molecule has 0 spiro atoms. The highest BCUT2D eigenvalue weighted by atomic mass is 16.5. The first-order valence-corrected chi connectivity index (χ1v) is 8.30. The topological polar surface area (TPSA) is 43.4 Å². The Hall–Kier alpha value is -2.68. The molecule has 3 nitrogen and oxygen atoms in total. The average Bonchev–Trinajstić information content (AvgIpc) is 2.57. The molecule has 0 heterocycles. The summed E-state index contributed by atoms with van der Waals surface area (Å²) in [5.74, 6) is 0.0820. The van der Waals surface area contributed by atoms with Gasteiger partial charge in [0.15, 0.2) is 5.78 Å². The Bertz CT molecular complexity index is 844. The minimum Gasteiger partial charge on any atom is -0.423 e. The van der Waals surface area contributed by atoms with Crippen LogP contribution in [-0.4, -0.2) is 11.8 Å². The molecular formula is C22H24O3. The molecule has 25 heavy (non-hydrogen) atoms. The molecule has 0 aliphatic carbocycles. The maximum atomic E-state index is 12.8. The first-order valence-electron chi connectivity index (χ1n) is 8.30. The SMILES string of the molecule is CC(=O)/C=C/c1cccc(OC(=O)c2c(C)c(C)c(C)c(C)c2C)c1. The van der Waals surface area contributed by atoms with Gasteiger partial charge in [-0.25, -0.2) is 4.79 Å². The predicted molar refractivity (Wildman–Crippen MR) is 101 cm³/mol. The standard InChI is InChI=1S/C22H24O3/c1-13(23)10-11-19-8-7-9-20(12-19)25-22(24)21-17(5)15(3)14(2)16(4)18(21)6/h7-12H,1-6H3/b11-10+. The van der Waals surface area contributed by atoms with E-state index in [2.05, 4.69) is 6.92 Å². The van der Waals surface area contributed by atoms with Gasteiger partial charge in [-0.1, -0.05) is 18.2 Å². The lowest BCUT2D eigenvalue weighted by Gasteiger charge is -2.17. The smallest absolute Gasteiger partial charge is 0.344 e. The molecule has 3 heteroatoms. The molecule has 0 aliphatic rings. The van der Waals surface area contributed by atoms with Crippen LogP contribution in [0, 0.1) is 34.6 Å². The normalized spacial score (nSPS) is 11.0. The first kappa shape index (κ1) is 18.7. The molecule has 0 amide bonds. The molecular weight excluding hydrogens is 312 g/mol. The minimum absolute atomic E-state index is 0.0285. The van der Waals surface area contributed by atoms with Gasteiger partial charge in [0.05, 0.1) is 5.56 Å². The number of rotatable bonds is 4. The summed E-state index contributed by atoms with van der Waals surface area (Å²) in [6.07, 6.45) is 3.19. The molecule has 0 unspecified atom stereocenters. The molecule has 0 saturated carbocycles. The van der Waals surface area contributed by atoms with Crippen LogP contribution in [0.3, 0.4) is 0 Å². The fourth-order valence-electron chi connectivity index (χ4n) is 2.86. The Balaban J connectivity index is 2.35. The van der Waals surface area contributed by atoms with Crippen molar-refractivity contribution in [3.8, 4) is 5.75 Å². The third kappa shape index (κ3) is 4.05. The van der Waals surface area contributed by atoms with Crippen molar-refractivity contribution in [1.29, 1.82) is 0 Å². The third-order valence-electron chi connectivity index (χ3n) is 4.78. The minimum atomic E-state index is -0.353. The number of carbonyl (C=O) groups is 2. The van der Waals surface area contributed by atoms with Gasteiger partial charge in [-0.05, 0) is 93.1 Å². The van der Waals surface area contributed by atoms with Gasteiger partial charge in [0.2, 0.25) is 0 Å². The highest BCUT2D eigenvalue weighted by Crippen LogP contribution is 2.27. The zero-order valence-electron chi connectivity index (χ0n) is 15.7. The number of esters is 1. The van der Waals surface area contributed by atoms with Crippen LogP contribution in [-0.2, 0) is 4.79 Å². The monoisotopic (exact) mass is 336 g/mol. The fraction of sp³-hybridized carbons (Fsp3) is 0.273. The highest BCUT2D eigenvalue weighted by molar-refractivity contribution is 5.95. The van der Waals surface area contributed by atoms with Gasteiger partial charge >= 0.3 is 5.97 Å². The average molecular weight is 336 g/mol. The van der Waals surface area contributed by atoms with Crippen LogP contribution >= 0.6 is 0 Å². The van der Waals surface area contributed by atoms with Gasteiger partial charge in [0, 0.05) is 0 Å². The Morgan fingerprint density at radius 3 is 2.00 bits per heavy atom. The number of hydrogen-bond acceptors (Lipinski definition) is 3. The van der Waals surface area contributed by atoms with Gasteiger partial charge in [-0.2, -0.15) is 0 Å². The zero-order valence-corrected chi connectivity index (χ0v) is 15.7. The maximum Gasteiger partial charge on any atom is 0.344 e. The van der Waals surface area contributed by atoms with Crippen LogP contribution in [0.5, 0.6) is 5.75 Å². The first-order chi connectivity index (χ1) is 11.7. The van der Waals surface area contributed by atoms with Crippen molar-refractivity contribution in [2.45, 2.75) is 41.5 Å². The second-order valence-corrected chi connectivity index (χ2v) is 6.41. The van der Waals surface area contributed by atoms with Gasteiger partial charge in [0.1, 0.15) is 5.75 Å². The predicted octanol–water partition coefficient (Wildman–Crippen LogP) is 5.05. The number of ether oxygens (including phenoxy) is 1. The molecule has 2 aromatic rings. The Labute approximate surface area is 149 Å². The molecule has 0 aliphatic heterocycles. The molecule has 130 valence electrons. The lowest BCUT2D eigenvalue weighted by Crippen LogP contribution is -2.15. The van der Waals surface area contributed by atoms with Gasteiger partial charge in [0.25, 0.3) is 0 Å². The molecule has 2 aromatic carbocycles. The number of benzene rings is 2. The molecule has 0 atom stereocenters. The second kappa shape index (κ2) is 7.47. The number of ketones is 1. The van der Waals surface area contributed by atoms with Crippen LogP contribution < -0.4 is 4.74 Å². The van der Waals surface area contributed by atoms with E-state index in [-0.39, 0.29) is 11.8 Å². The largest absolute Gasteiger partial charge is 0.423 e. The quantitative estimate of drug-likeness (QED) is 0.446. The van der Waals surface area contributed by atoms with E-state index in [0.717, 1.165) is 27.8 Å². The van der Waals surface area contributed by atoms with Crippen LogP contribution in [0.25, 0.3) is 6.08 Å². The summed E-state index contributed by atoms with van der Waals surface area (Å²) < 4.78 is 5.60. The lowest BCUT2D eigenvalue weighted by atomic mass is 9.90. The summed E-state index contributed by atoms with van der Waals surface area (Å²) in [6, 6.07) is 7.14. The van der Waals surface area contributed by atoms with E-state index in [1.807, 2.05) is 33.8 Å². The van der Waals surface area contributed by atoms with E-state index in [4.69, 9.17) is 4.74 Å². The lowest BCUT2D eigenvalue weighted by molar-refractivity contribution is -0.112. The van der Waals surface area contributed by atoms with E-state index < -0.39 is 0 Å². The summed E-state index contributed by atoms with van der Waals surface area (Å²) >= 11 is 0. The molecule has 2 rings (SSSR count). The van der Waals surface area contributed by atoms with E-state index in [0.29, 0.717) is 11.3 Å². The summed E-state index contributed by atoms with van der Waals surface area (Å²) in [5, 5.41) is 0. The molecule has 0 aromatic heterocycles. The molecule has 0 fully saturated rings. The van der Waals surface area contributed by atoms with Crippen molar-refractivity contribution in [3.63, 3.8) is 0 Å². The molecule has 0 N–H and O–H groups in total. The summed E-state index contributed by atoms with van der Waals surface area (Å²) in [7, 11) is 0. The van der Waals surface area contributed by atoms with E-state index in [9.17, 15) is 9.59 Å². The Morgan fingerprint density at radius 2 is 1.44 bits per heavy atom. The van der Waals surface area contributed by atoms with E-state index in [1.165, 1.54) is 18.6 Å². The van der Waals surface area contributed by atoms with Crippen LogP contribution in [0.4, 0.5) is 0 Å². The van der Waals surface area contributed by atoms with Crippen molar-refractivity contribution < 1.29 is 14.3 Å². The second-order valence-electron chi connectivity index (χ2n) is 6.41. The maximum absolute atomic E-state index is 12.8. The van der Waals surface area contributed by atoms with Gasteiger partial charge in [-0.3, -0.25) is 4.79 Å².